The third-order valence-electron chi connectivity index (χ3n) is 3.06. The average Bonchev–Trinajstić information content (AvgIpc) is 2.46. The quantitative estimate of drug-likeness (QED) is 0.708. The number of carbonyl (C=O) groups is 1. The maximum atomic E-state index is 12.3. The van der Waals surface area contributed by atoms with Crippen LogP contribution in [0.5, 0.6) is 0 Å². The fourth-order valence-electron chi connectivity index (χ4n) is 2.14. The van der Waals surface area contributed by atoms with Gasteiger partial charge >= 0.3 is 0 Å². The lowest BCUT2D eigenvalue weighted by atomic mass is 10.1. The molecule has 3 N–H and O–H groups in total. The lowest BCUT2D eigenvalue weighted by molar-refractivity contribution is 0.102. The predicted octanol–water partition coefficient (Wildman–Crippen LogP) is 3.72. The summed E-state index contributed by atoms with van der Waals surface area (Å²) in [5.41, 5.74) is 7.95. The Hall–Kier alpha value is -2.59. The normalized spacial score (nSPS) is 10.5. The fraction of sp³-hybridized carbons (Fsp3) is 0. The second-order valence-electron chi connectivity index (χ2n) is 4.61. The Morgan fingerprint density at radius 2 is 1.95 bits per heavy atom. The highest BCUT2D eigenvalue weighted by molar-refractivity contribution is 6.31. The van der Waals surface area contributed by atoms with Gasteiger partial charge in [-0.15, -0.1) is 0 Å². The summed E-state index contributed by atoms with van der Waals surface area (Å²) in [7, 11) is 0. The van der Waals surface area contributed by atoms with E-state index in [4.69, 9.17) is 17.3 Å². The Labute approximate surface area is 126 Å². The van der Waals surface area contributed by atoms with Crippen LogP contribution in [0.15, 0.2) is 54.7 Å². The first-order chi connectivity index (χ1) is 10.1. The Morgan fingerprint density at radius 1 is 1.14 bits per heavy atom. The van der Waals surface area contributed by atoms with Gasteiger partial charge in [0.2, 0.25) is 0 Å². The average molecular weight is 298 g/mol. The minimum Gasteiger partial charge on any atom is -0.399 e. The van der Waals surface area contributed by atoms with Crippen molar-refractivity contribution in [2.45, 2.75) is 0 Å². The van der Waals surface area contributed by atoms with Crippen molar-refractivity contribution in [3.63, 3.8) is 0 Å². The Bertz CT molecular complexity index is 807. The maximum Gasteiger partial charge on any atom is 0.255 e. The molecule has 5 heteroatoms. The number of nitrogens with two attached hydrogens (primary N) is 1. The number of carbonyl (C=O) groups excluding carboxylic acids is 1. The second kappa shape index (κ2) is 5.42. The smallest absolute Gasteiger partial charge is 0.255 e. The molecule has 0 fully saturated rings. The van der Waals surface area contributed by atoms with Crippen molar-refractivity contribution in [3.05, 3.63) is 65.3 Å². The van der Waals surface area contributed by atoms with Crippen LogP contribution < -0.4 is 11.1 Å². The summed E-state index contributed by atoms with van der Waals surface area (Å²) in [4.78, 5) is 16.6. The van der Waals surface area contributed by atoms with Gasteiger partial charge in [0.25, 0.3) is 5.91 Å². The summed E-state index contributed by atoms with van der Waals surface area (Å²) in [6.07, 6.45) is 1.69. The molecule has 1 aromatic heterocycles. The SMILES string of the molecule is Nc1cc(Cl)cc(C(=O)Nc2cccc3cccnc23)c1. The Morgan fingerprint density at radius 3 is 2.76 bits per heavy atom. The predicted molar refractivity (Wildman–Crippen MR) is 85.6 cm³/mol. The van der Waals surface area contributed by atoms with E-state index in [2.05, 4.69) is 10.3 Å². The van der Waals surface area contributed by atoms with E-state index in [9.17, 15) is 4.79 Å². The number of nitrogens with zero attached hydrogens (tertiary/aromatic N) is 1. The number of hydrogen-bond donors (Lipinski definition) is 2. The van der Waals surface area contributed by atoms with Gasteiger partial charge in [0.1, 0.15) is 0 Å². The number of anilines is 2. The molecule has 1 amide bonds. The molecule has 0 spiro atoms. The molecule has 3 aromatic rings. The van der Waals surface area contributed by atoms with E-state index in [0.29, 0.717) is 22.0 Å². The van der Waals surface area contributed by atoms with Crippen LogP contribution in [0, 0.1) is 0 Å². The third kappa shape index (κ3) is 2.80. The van der Waals surface area contributed by atoms with Crippen molar-refractivity contribution in [2.75, 3.05) is 11.1 Å². The van der Waals surface area contributed by atoms with Gasteiger partial charge < -0.3 is 11.1 Å². The van der Waals surface area contributed by atoms with Crippen molar-refractivity contribution in [1.29, 1.82) is 0 Å². The summed E-state index contributed by atoms with van der Waals surface area (Å²) in [5.74, 6) is -0.276. The number of halogens is 1. The highest BCUT2D eigenvalue weighted by atomic mass is 35.5. The van der Waals surface area contributed by atoms with Crippen LogP contribution in [0.4, 0.5) is 11.4 Å². The molecule has 3 rings (SSSR count). The van der Waals surface area contributed by atoms with E-state index < -0.39 is 0 Å². The van der Waals surface area contributed by atoms with Gasteiger partial charge in [0, 0.05) is 27.9 Å². The van der Waals surface area contributed by atoms with Crippen molar-refractivity contribution >= 4 is 39.8 Å². The molecule has 104 valence electrons. The number of aromatic nitrogens is 1. The van der Waals surface area contributed by atoms with Gasteiger partial charge in [-0.25, -0.2) is 0 Å². The highest BCUT2D eigenvalue weighted by Crippen LogP contribution is 2.22. The molecular formula is C16H12ClN3O. The van der Waals surface area contributed by atoms with Crippen molar-refractivity contribution in [2.24, 2.45) is 0 Å². The molecule has 0 aliphatic heterocycles. The molecule has 0 atom stereocenters. The molecule has 0 unspecified atom stereocenters. The van der Waals surface area contributed by atoms with Crippen LogP contribution in [0.1, 0.15) is 10.4 Å². The molecule has 0 aliphatic rings. The zero-order valence-electron chi connectivity index (χ0n) is 11.0. The number of fused-ring (bicyclic) bond motifs is 1. The first kappa shape index (κ1) is 13.4. The fourth-order valence-corrected chi connectivity index (χ4v) is 2.39. The number of hydrogen-bond acceptors (Lipinski definition) is 3. The lowest BCUT2D eigenvalue weighted by Crippen LogP contribution is -2.12. The first-order valence-corrected chi connectivity index (χ1v) is 6.72. The molecule has 0 saturated carbocycles. The van der Waals surface area contributed by atoms with Crippen LogP contribution in [0.2, 0.25) is 5.02 Å². The van der Waals surface area contributed by atoms with Gasteiger partial charge in [-0.2, -0.15) is 0 Å². The van der Waals surface area contributed by atoms with E-state index in [1.807, 2.05) is 24.3 Å². The van der Waals surface area contributed by atoms with Gasteiger partial charge in [-0.3, -0.25) is 9.78 Å². The van der Waals surface area contributed by atoms with E-state index in [1.54, 1.807) is 30.5 Å². The van der Waals surface area contributed by atoms with Gasteiger partial charge in [0.05, 0.1) is 11.2 Å². The van der Waals surface area contributed by atoms with Crippen molar-refractivity contribution in [1.82, 2.24) is 4.98 Å². The van der Waals surface area contributed by atoms with Crippen molar-refractivity contribution < 1.29 is 4.79 Å². The Balaban J connectivity index is 1.96. The molecular weight excluding hydrogens is 286 g/mol. The van der Waals surface area contributed by atoms with E-state index in [1.165, 1.54) is 0 Å². The molecule has 21 heavy (non-hydrogen) atoms. The standard InChI is InChI=1S/C16H12ClN3O/c17-12-7-11(8-13(18)9-12)16(21)20-14-5-1-3-10-4-2-6-19-15(10)14/h1-9H,18H2,(H,20,21). The number of nitrogens with one attached hydrogen (secondary N) is 1. The van der Waals surface area contributed by atoms with Crippen LogP contribution in [-0.2, 0) is 0 Å². The largest absolute Gasteiger partial charge is 0.399 e. The Kier molecular flexibility index (Phi) is 3.46. The molecule has 0 radical (unpaired) electrons. The van der Waals surface area contributed by atoms with Gasteiger partial charge in [-0.05, 0) is 30.3 Å². The van der Waals surface area contributed by atoms with Gasteiger partial charge in [0.15, 0.2) is 0 Å². The summed E-state index contributed by atoms with van der Waals surface area (Å²) < 4.78 is 0. The topological polar surface area (TPSA) is 68.0 Å². The third-order valence-corrected chi connectivity index (χ3v) is 3.28. The number of benzene rings is 2. The summed E-state index contributed by atoms with van der Waals surface area (Å²) in [6, 6.07) is 14.2. The van der Waals surface area contributed by atoms with E-state index in [0.717, 1.165) is 10.9 Å². The van der Waals surface area contributed by atoms with E-state index in [-0.39, 0.29) is 5.91 Å². The highest BCUT2D eigenvalue weighted by Gasteiger charge is 2.10. The zero-order valence-corrected chi connectivity index (χ0v) is 11.8. The number of para-hydroxylation sites is 1. The summed E-state index contributed by atoms with van der Waals surface area (Å²) >= 11 is 5.92. The molecule has 0 bridgehead atoms. The van der Waals surface area contributed by atoms with E-state index >= 15 is 0 Å². The van der Waals surface area contributed by atoms with Crippen LogP contribution >= 0.6 is 11.6 Å². The summed E-state index contributed by atoms with van der Waals surface area (Å²) in [5, 5.41) is 4.23. The number of amides is 1. The maximum absolute atomic E-state index is 12.3. The van der Waals surface area contributed by atoms with Crippen LogP contribution in [0.3, 0.4) is 0 Å². The molecule has 0 aliphatic carbocycles. The summed E-state index contributed by atoms with van der Waals surface area (Å²) in [6.45, 7) is 0. The molecule has 0 saturated heterocycles. The first-order valence-electron chi connectivity index (χ1n) is 6.34. The molecule has 2 aromatic carbocycles. The number of pyridine rings is 1. The molecule has 1 heterocycles. The number of nitrogen functional groups attached to an aromatic ring is 1. The minimum absolute atomic E-state index is 0.276. The monoisotopic (exact) mass is 297 g/mol. The minimum atomic E-state index is -0.276. The zero-order chi connectivity index (χ0) is 14.8. The number of rotatable bonds is 2. The molecule has 4 nitrogen and oxygen atoms in total. The van der Waals surface area contributed by atoms with Crippen LogP contribution in [-0.4, -0.2) is 10.9 Å². The lowest BCUT2D eigenvalue weighted by Gasteiger charge is -2.08. The van der Waals surface area contributed by atoms with Crippen molar-refractivity contribution in [3.8, 4) is 0 Å². The second-order valence-corrected chi connectivity index (χ2v) is 5.04. The van der Waals surface area contributed by atoms with Gasteiger partial charge in [-0.1, -0.05) is 29.8 Å². The van der Waals surface area contributed by atoms with Crippen LogP contribution in [0.25, 0.3) is 10.9 Å².